The molecule has 0 aliphatic carbocycles. The van der Waals surface area contributed by atoms with Gasteiger partial charge in [-0.05, 0) is 30.3 Å². The molecule has 9 heteroatoms. The first-order valence-corrected chi connectivity index (χ1v) is 10.9. The number of nitrogens with zero attached hydrogens (tertiary/aromatic N) is 2. The van der Waals surface area contributed by atoms with Crippen LogP contribution in [0.5, 0.6) is 0 Å². The predicted octanol–water partition coefficient (Wildman–Crippen LogP) is 4.34. The second kappa shape index (κ2) is 9.13. The molecule has 0 heterocycles. The molecule has 2 aromatic carbocycles. The van der Waals surface area contributed by atoms with Crippen molar-refractivity contribution in [2.75, 3.05) is 37.4 Å². The number of benzene rings is 2. The molecule has 0 unspecified atom stereocenters. The monoisotopic (exact) mass is 443 g/mol. The Balaban J connectivity index is 2.44. The van der Waals surface area contributed by atoms with Crippen molar-refractivity contribution in [3.05, 3.63) is 52.0 Å². The van der Waals surface area contributed by atoms with Crippen LogP contribution in [0.3, 0.4) is 0 Å². The highest BCUT2D eigenvalue weighted by Gasteiger charge is 2.24. The summed E-state index contributed by atoms with van der Waals surface area (Å²) in [6, 6.07) is 9.26. The highest BCUT2D eigenvalue weighted by molar-refractivity contribution is 7.89. The van der Waals surface area contributed by atoms with E-state index in [0.717, 1.165) is 0 Å². The number of halogens is 2. The molecule has 0 aliphatic rings. The number of carbonyl (C=O) groups excluding carboxylic acids is 1. The van der Waals surface area contributed by atoms with Gasteiger partial charge in [-0.25, -0.2) is 8.42 Å². The molecule has 0 radical (unpaired) electrons. The second-order valence-corrected chi connectivity index (χ2v) is 8.97. The lowest BCUT2D eigenvalue weighted by atomic mass is 10.2. The molecular formula is C19H23Cl2N3O3S. The van der Waals surface area contributed by atoms with Crippen molar-refractivity contribution in [1.29, 1.82) is 0 Å². The number of carbonyl (C=O) groups is 1. The standard InChI is InChI=1S/C19H23Cl2N3O3S/c1-5-24(6-2)28(26,27)13-10-11-15(20)14(12-13)19(25)22-17-9-7-8-16(21)18(17)23(3)4/h7-12H,5-6H2,1-4H3,(H,22,25). The van der Waals surface area contributed by atoms with Crippen LogP contribution in [0.25, 0.3) is 0 Å². The van der Waals surface area contributed by atoms with Crippen LogP contribution in [0.4, 0.5) is 11.4 Å². The van der Waals surface area contributed by atoms with Gasteiger partial charge in [0.1, 0.15) is 0 Å². The molecule has 0 bridgehead atoms. The van der Waals surface area contributed by atoms with Crippen LogP contribution in [0.1, 0.15) is 24.2 Å². The Kier molecular flexibility index (Phi) is 7.33. The molecule has 152 valence electrons. The lowest BCUT2D eigenvalue weighted by molar-refractivity contribution is 0.102. The van der Waals surface area contributed by atoms with Gasteiger partial charge in [-0.3, -0.25) is 4.79 Å². The number of nitrogens with one attached hydrogen (secondary N) is 1. The van der Waals surface area contributed by atoms with Crippen molar-refractivity contribution in [2.45, 2.75) is 18.7 Å². The Labute approximate surface area is 176 Å². The summed E-state index contributed by atoms with van der Waals surface area (Å²) in [5.41, 5.74) is 1.20. The van der Waals surface area contributed by atoms with E-state index in [1.54, 1.807) is 51.0 Å². The van der Waals surface area contributed by atoms with Gasteiger partial charge in [0.05, 0.1) is 31.9 Å². The molecule has 0 aliphatic heterocycles. The van der Waals surface area contributed by atoms with Crippen LogP contribution in [0.2, 0.25) is 10.0 Å². The van der Waals surface area contributed by atoms with Crippen molar-refractivity contribution in [1.82, 2.24) is 4.31 Å². The van der Waals surface area contributed by atoms with Crippen LogP contribution < -0.4 is 10.2 Å². The van der Waals surface area contributed by atoms with E-state index in [-0.39, 0.29) is 15.5 Å². The first kappa shape index (κ1) is 22.5. The third-order valence-electron chi connectivity index (χ3n) is 4.21. The Bertz CT molecular complexity index is 974. The Morgan fingerprint density at radius 3 is 2.25 bits per heavy atom. The highest BCUT2D eigenvalue weighted by Crippen LogP contribution is 2.33. The lowest BCUT2D eigenvalue weighted by Crippen LogP contribution is -2.30. The highest BCUT2D eigenvalue weighted by atomic mass is 35.5. The maximum atomic E-state index is 12.8. The number of anilines is 2. The first-order valence-electron chi connectivity index (χ1n) is 8.70. The van der Waals surface area contributed by atoms with Crippen molar-refractivity contribution >= 4 is 50.5 Å². The van der Waals surface area contributed by atoms with Gasteiger partial charge >= 0.3 is 0 Å². The van der Waals surface area contributed by atoms with Crippen LogP contribution in [-0.2, 0) is 10.0 Å². The van der Waals surface area contributed by atoms with Gasteiger partial charge in [-0.1, -0.05) is 43.1 Å². The van der Waals surface area contributed by atoms with E-state index in [4.69, 9.17) is 23.2 Å². The van der Waals surface area contributed by atoms with Crippen LogP contribution in [0, 0.1) is 0 Å². The number of hydrogen-bond donors (Lipinski definition) is 1. The van der Waals surface area contributed by atoms with Crippen LogP contribution in [-0.4, -0.2) is 45.8 Å². The molecule has 0 spiro atoms. The Hall–Kier alpha value is -1.80. The smallest absolute Gasteiger partial charge is 0.257 e. The fourth-order valence-electron chi connectivity index (χ4n) is 2.81. The molecule has 2 rings (SSSR count). The zero-order valence-corrected chi connectivity index (χ0v) is 18.5. The zero-order valence-electron chi connectivity index (χ0n) is 16.2. The minimum atomic E-state index is -3.71. The van der Waals surface area contributed by atoms with Crippen molar-refractivity contribution in [2.24, 2.45) is 0 Å². The van der Waals surface area contributed by atoms with E-state index in [9.17, 15) is 13.2 Å². The van der Waals surface area contributed by atoms with Crippen LogP contribution in [0.15, 0.2) is 41.3 Å². The average molecular weight is 444 g/mol. The number of sulfonamides is 1. The molecule has 1 N–H and O–H groups in total. The number of rotatable bonds is 7. The summed E-state index contributed by atoms with van der Waals surface area (Å²) < 4.78 is 26.8. The van der Waals surface area contributed by atoms with Gasteiger partial charge in [0.15, 0.2) is 0 Å². The molecule has 6 nitrogen and oxygen atoms in total. The third-order valence-corrected chi connectivity index (χ3v) is 6.89. The number of hydrogen-bond acceptors (Lipinski definition) is 4. The summed E-state index contributed by atoms with van der Waals surface area (Å²) in [5, 5.41) is 3.40. The molecule has 0 saturated heterocycles. The number of para-hydroxylation sites is 1. The molecule has 0 atom stereocenters. The molecule has 0 saturated carbocycles. The lowest BCUT2D eigenvalue weighted by Gasteiger charge is -2.20. The third kappa shape index (κ3) is 4.60. The molecular weight excluding hydrogens is 421 g/mol. The van der Waals surface area contributed by atoms with Gasteiger partial charge in [-0.15, -0.1) is 0 Å². The van der Waals surface area contributed by atoms with Gasteiger partial charge in [0.2, 0.25) is 10.0 Å². The van der Waals surface area contributed by atoms with E-state index in [0.29, 0.717) is 29.5 Å². The van der Waals surface area contributed by atoms with Crippen molar-refractivity contribution < 1.29 is 13.2 Å². The van der Waals surface area contributed by atoms with E-state index < -0.39 is 15.9 Å². The summed E-state index contributed by atoms with van der Waals surface area (Å²) in [6.45, 7) is 4.18. The zero-order chi connectivity index (χ0) is 21.1. The van der Waals surface area contributed by atoms with E-state index in [2.05, 4.69) is 5.32 Å². The Morgan fingerprint density at radius 1 is 1.04 bits per heavy atom. The first-order chi connectivity index (χ1) is 13.1. The molecule has 0 fully saturated rings. The summed E-state index contributed by atoms with van der Waals surface area (Å²) >= 11 is 12.4. The fourth-order valence-corrected chi connectivity index (χ4v) is 4.84. The van der Waals surface area contributed by atoms with Gasteiger partial charge in [0, 0.05) is 27.2 Å². The van der Waals surface area contributed by atoms with Gasteiger partial charge in [-0.2, -0.15) is 4.31 Å². The summed E-state index contributed by atoms with van der Waals surface area (Å²) in [5.74, 6) is -0.521. The largest absolute Gasteiger partial charge is 0.375 e. The Morgan fingerprint density at radius 2 is 1.68 bits per heavy atom. The summed E-state index contributed by atoms with van der Waals surface area (Å²) in [4.78, 5) is 14.6. The fraction of sp³-hybridized carbons (Fsp3) is 0.316. The van der Waals surface area contributed by atoms with Gasteiger partial charge in [0.25, 0.3) is 5.91 Å². The van der Waals surface area contributed by atoms with Gasteiger partial charge < -0.3 is 10.2 Å². The molecule has 0 aromatic heterocycles. The maximum Gasteiger partial charge on any atom is 0.257 e. The quantitative estimate of drug-likeness (QED) is 0.690. The topological polar surface area (TPSA) is 69.7 Å². The SMILES string of the molecule is CCN(CC)S(=O)(=O)c1ccc(Cl)c(C(=O)Nc2cccc(Cl)c2N(C)C)c1. The molecule has 28 heavy (non-hydrogen) atoms. The van der Waals surface area contributed by atoms with E-state index in [1.165, 1.54) is 22.5 Å². The summed E-state index contributed by atoms with van der Waals surface area (Å²) in [6.07, 6.45) is 0. The maximum absolute atomic E-state index is 12.8. The molecule has 1 amide bonds. The van der Waals surface area contributed by atoms with Crippen LogP contribution >= 0.6 is 23.2 Å². The predicted molar refractivity (Wildman–Crippen MR) is 115 cm³/mol. The number of amides is 1. The minimum Gasteiger partial charge on any atom is -0.375 e. The average Bonchev–Trinajstić information content (AvgIpc) is 2.62. The van der Waals surface area contributed by atoms with E-state index in [1.807, 2.05) is 0 Å². The molecule has 2 aromatic rings. The summed E-state index contributed by atoms with van der Waals surface area (Å²) in [7, 11) is -0.0965. The minimum absolute atomic E-state index is 0.0182. The van der Waals surface area contributed by atoms with Crippen molar-refractivity contribution in [3.63, 3.8) is 0 Å². The van der Waals surface area contributed by atoms with E-state index >= 15 is 0 Å². The normalized spacial score (nSPS) is 11.5. The van der Waals surface area contributed by atoms with Crippen molar-refractivity contribution in [3.8, 4) is 0 Å². The second-order valence-electron chi connectivity index (χ2n) is 6.22.